The fraction of sp³-hybridized carbons (Fsp3) is 0.214. The van der Waals surface area contributed by atoms with Crippen LogP contribution in [0.5, 0.6) is 0 Å². The summed E-state index contributed by atoms with van der Waals surface area (Å²) in [5.74, 6) is 1.13. The fourth-order valence-corrected chi connectivity index (χ4v) is 1.99. The van der Waals surface area contributed by atoms with Gasteiger partial charge in [-0.2, -0.15) is 10.1 Å². The molecule has 6 heteroatoms. The first kappa shape index (κ1) is 12.4. The first-order chi connectivity index (χ1) is 9.70. The molecule has 0 aliphatic rings. The van der Waals surface area contributed by atoms with Crippen molar-refractivity contribution in [3.63, 3.8) is 0 Å². The zero-order valence-corrected chi connectivity index (χ0v) is 11.2. The predicted molar refractivity (Wildman–Crippen MR) is 74.8 cm³/mol. The maximum absolute atomic E-state index is 5.75. The van der Waals surface area contributed by atoms with Crippen LogP contribution in [-0.4, -0.2) is 19.9 Å². The molecule has 0 saturated carbocycles. The van der Waals surface area contributed by atoms with Gasteiger partial charge in [0.2, 0.25) is 11.7 Å². The zero-order chi connectivity index (χ0) is 13.9. The molecule has 0 saturated heterocycles. The first-order valence-electron chi connectivity index (χ1n) is 6.38. The highest BCUT2D eigenvalue weighted by molar-refractivity contribution is 5.46. The summed E-state index contributed by atoms with van der Waals surface area (Å²) in [6.45, 7) is 0. The lowest BCUT2D eigenvalue weighted by Gasteiger charge is -1.99. The summed E-state index contributed by atoms with van der Waals surface area (Å²) in [5.41, 5.74) is 8.38. The number of nitrogen functional groups attached to an aromatic ring is 1. The first-order valence-corrected chi connectivity index (χ1v) is 6.38. The number of aryl methyl sites for hydroxylation is 3. The van der Waals surface area contributed by atoms with Crippen LogP contribution in [0.3, 0.4) is 0 Å². The second kappa shape index (κ2) is 5.16. The van der Waals surface area contributed by atoms with E-state index in [0.717, 1.165) is 17.7 Å². The highest BCUT2D eigenvalue weighted by Gasteiger charge is 2.10. The average Bonchev–Trinajstić information content (AvgIpc) is 3.05. The Morgan fingerprint density at radius 1 is 1.25 bits per heavy atom. The van der Waals surface area contributed by atoms with E-state index in [-0.39, 0.29) is 0 Å². The molecule has 3 rings (SSSR count). The van der Waals surface area contributed by atoms with Crippen LogP contribution in [0.4, 0.5) is 5.69 Å². The zero-order valence-electron chi connectivity index (χ0n) is 11.2. The van der Waals surface area contributed by atoms with Crippen LogP contribution in [0, 0.1) is 0 Å². The van der Waals surface area contributed by atoms with Crippen molar-refractivity contribution in [2.45, 2.75) is 12.8 Å². The Hall–Kier alpha value is -2.63. The molecule has 20 heavy (non-hydrogen) atoms. The Labute approximate surface area is 116 Å². The van der Waals surface area contributed by atoms with Crippen LogP contribution in [-0.2, 0) is 19.9 Å². The maximum atomic E-state index is 5.75. The lowest BCUT2D eigenvalue weighted by atomic mass is 10.1. The third kappa shape index (κ3) is 2.69. The van der Waals surface area contributed by atoms with Gasteiger partial charge in [0.05, 0.1) is 0 Å². The molecule has 2 heterocycles. The van der Waals surface area contributed by atoms with Crippen molar-refractivity contribution in [3.05, 3.63) is 48.0 Å². The Kier molecular flexibility index (Phi) is 3.20. The molecule has 6 nitrogen and oxygen atoms in total. The molecular formula is C14H15N5O. The Morgan fingerprint density at radius 2 is 2.15 bits per heavy atom. The topological polar surface area (TPSA) is 82.8 Å². The molecule has 0 amide bonds. The van der Waals surface area contributed by atoms with Crippen LogP contribution in [0.15, 0.2) is 41.1 Å². The van der Waals surface area contributed by atoms with E-state index in [2.05, 4.69) is 15.2 Å². The Morgan fingerprint density at radius 3 is 2.90 bits per heavy atom. The lowest BCUT2D eigenvalue weighted by molar-refractivity contribution is 0.378. The molecule has 0 radical (unpaired) electrons. The largest absolute Gasteiger partial charge is 0.399 e. The van der Waals surface area contributed by atoms with Gasteiger partial charge in [-0.15, -0.1) is 0 Å². The van der Waals surface area contributed by atoms with Gasteiger partial charge < -0.3 is 10.3 Å². The van der Waals surface area contributed by atoms with Gasteiger partial charge in [-0.25, -0.2) is 0 Å². The number of benzene rings is 1. The molecule has 0 atom stereocenters. The fourth-order valence-electron chi connectivity index (χ4n) is 1.99. The van der Waals surface area contributed by atoms with E-state index < -0.39 is 0 Å². The second-order valence-electron chi connectivity index (χ2n) is 4.63. The second-order valence-corrected chi connectivity index (χ2v) is 4.63. The number of aromatic nitrogens is 4. The number of nitrogens with zero attached hydrogens (tertiary/aromatic N) is 4. The summed E-state index contributed by atoms with van der Waals surface area (Å²) in [6.07, 6.45) is 3.34. The summed E-state index contributed by atoms with van der Waals surface area (Å²) in [6, 6.07) is 9.65. The molecule has 0 fully saturated rings. The van der Waals surface area contributed by atoms with Crippen molar-refractivity contribution < 1.29 is 4.52 Å². The molecule has 2 aromatic heterocycles. The number of hydrogen-bond donors (Lipinski definition) is 1. The van der Waals surface area contributed by atoms with Crippen molar-refractivity contribution in [2.75, 3.05) is 5.73 Å². The van der Waals surface area contributed by atoms with Gasteiger partial charge in [-0.05, 0) is 30.2 Å². The minimum absolute atomic E-state index is 0.521. The quantitative estimate of drug-likeness (QED) is 0.731. The third-order valence-electron chi connectivity index (χ3n) is 2.99. The summed E-state index contributed by atoms with van der Waals surface area (Å²) in [7, 11) is 1.85. The summed E-state index contributed by atoms with van der Waals surface area (Å²) >= 11 is 0. The molecule has 0 unspecified atom stereocenters. The van der Waals surface area contributed by atoms with Gasteiger partial charge in [0.25, 0.3) is 0 Å². The van der Waals surface area contributed by atoms with E-state index in [4.69, 9.17) is 10.3 Å². The van der Waals surface area contributed by atoms with Gasteiger partial charge in [-0.1, -0.05) is 17.3 Å². The third-order valence-corrected chi connectivity index (χ3v) is 2.99. The van der Waals surface area contributed by atoms with Gasteiger partial charge in [-0.3, -0.25) is 4.68 Å². The highest BCUT2D eigenvalue weighted by atomic mass is 16.5. The summed E-state index contributed by atoms with van der Waals surface area (Å²) in [4.78, 5) is 4.35. The molecule has 1 aromatic carbocycles. The molecule has 0 aliphatic heterocycles. The van der Waals surface area contributed by atoms with Crippen molar-refractivity contribution in [1.29, 1.82) is 0 Å². The van der Waals surface area contributed by atoms with E-state index in [1.807, 2.05) is 43.6 Å². The molecule has 102 valence electrons. The monoisotopic (exact) mass is 269 g/mol. The number of nitrogens with two attached hydrogens (primary N) is 1. The van der Waals surface area contributed by atoms with Crippen LogP contribution in [0.1, 0.15) is 11.5 Å². The molecule has 2 N–H and O–H groups in total. The smallest absolute Gasteiger partial charge is 0.227 e. The van der Waals surface area contributed by atoms with E-state index in [9.17, 15) is 0 Å². The van der Waals surface area contributed by atoms with Gasteiger partial charge in [0.1, 0.15) is 5.69 Å². The summed E-state index contributed by atoms with van der Waals surface area (Å²) in [5, 5.41) is 8.18. The predicted octanol–water partition coefficient (Wildman–Crippen LogP) is 1.84. The standard InChI is InChI=1S/C14H15N5O/c1-19-8-7-12(17-19)14-16-13(20-18-14)6-5-10-3-2-4-11(15)9-10/h2-4,7-9H,5-6,15H2,1H3. The number of anilines is 1. The Bertz CT molecular complexity index is 716. The van der Waals surface area contributed by atoms with Crippen molar-refractivity contribution in [1.82, 2.24) is 19.9 Å². The molecular weight excluding hydrogens is 254 g/mol. The summed E-state index contributed by atoms with van der Waals surface area (Å²) < 4.78 is 6.95. The SMILES string of the molecule is Cn1ccc(-c2noc(CCc3cccc(N)c3)n2)n1. The van der Waals surface area contributed by atoms with E-state index in [1.54, 1.807) is 4.68 Å². The van der Waals surface area contributed by atoms with Crippen LogP contribution < -0.4 is 5.73 Å². The van der Waals surface area contributed by atoms with Crippen LogP contribution in [0.25, 0.3) is 11.5 Å². The Balaban J connectivity index is 1.68. The molecule has 3 aromatic rings. The van der Waals surface area contributed by atoms with Gasteiger partial charge >= 0.3 is 0 Å². The van der Waals surface area contributed by atoms with Crippen molar-refractivity contribution in [2.24, 2.45) is 7.05 Å². The normalized spacial score (nSPS) is 10.8. The lowest BCUT2D eigenvalue weighted by Crippen LogP contribution is -1.93. The number of rotatable bonds is 4. The van der Waals surface area contributed by atoms with Gasteiger partial charge in [0.15, 0.2) is 0 Å². The molecule has 0 aliphatic carbocycles. The average molecular weight is 269 g/mol. The minimum atomic E-state index is 0.521. The van der Waals surface area contributed by atoms with Crippen LogP contribution in [0.2, 0.25) is 0 Å². The van der Waals surface area contributed by atoms with E-state index >= 15 is 0 Å². The molecule has 0 bridgehead atoms. The van der Waals surface area contributed by atoms with Crippen molar-refractivity contribution in [3.8, 4) is 11.5 Å². The van der Waals surface area contributed by atoms with Gasteiger partial charge in [0, 0.05) is 25.4 Å². The van der Waals surface area contributed by atoms with E-state index in [0.29, 0.717) is 23.8 Å². The van der Waals surface area contributed by atoms with E-state index in [1.165, 1.54) is 0 Å². The highest BCUT2D eigenvalue weighted by Crippen LogP contribution is 2.14. The number of hydrogen-bond acceptors (Lipinski definition) is 5. The molecule has 0 spiro atoms. The van der Waals surface area contributed by atoms with Crippen molar-refractivity contribution >= 4 is 5.69 Å². The minimum Gasteiger partial charge on any atom is -0.399 e. The van der Waals surface area contributed by atoms with Crippen LogP contribution >= 0.6 is 0 Å². The maximum Gasteiger partial charge on any atom is 0.227 e.